The molecular weight excluding hydrogens is 234 g/mol. The minimum absolute atomic E-state index is 0.00141. The Bertz CT molecular complexity index is 421. The SMILES string of the molecule is CC(C)C(=O)N1CCN(C(=O)c2ncn[nH]2)CC1. The highest BCUT2D eigenvalue weighted by Crippen LogP contribution is 2.08. The van der Waals surface area contributed by atoms with Crippen LogP contribution in [0.4, 0.5) is 0 Å². The normalized spacial score (nSPS) is 16.2. The van der Waals surface area contributed by atoms with Crippen LogP contribution in [0, 0.1) is 5.92 Å². The summed E-state index contributed by atoms with van der Waals surface area (Å²) in [6.07, 6.45) is 1.31. The molecule has 0 aromatic carbocycles. The van der Waals surface area contributed by atoms with Crippen molar-refractivity contribution in [3.8, 4) is 0 Å². The molecule has 0 bridgehead atoms. The van der Waals surface area contributed by atoms with Crippen LogP contribution in [-0.2, 0) is 4.79 Å². The van der Waals surface area contributed by atoms with E-state index in [2.05, 4.69) is 15.2 Å². The molecule has 1 N–H and O–H groups in total. The predicted molar refractivity (Wildman–Crippen MR) is 63.7 cm³/mol. The van der Waals surface area contributed by atoms with E-state index < -0.39 is 0 Å². The minimum atomic E-state index is -0.163. The van der Waals surface area contributed by atoms with Gasteiger partial charge in [-0.2, -0.15) is 5.10 Å². The number of hydrogen-bond donors (Lipinski definition) is 1. The second-order valence-electron chi connectivity index (χ2n) is 4.61. The van der Waals surface area contributed by atoms with E-state index in [1.165, 1.54) is 6.33 Å². The van der Waals surface area contributed by atoms with Crippen molar-refractivity contribution in [2.45, 2.75) is 13.8 Å². The van der Waals surface area contributed by atoms with E-state index in [-0.39, 0.29) is 23.6 Å². The lowest BCUT2D eigenvalue weighted by Crippen LogP contribution is -2.51. The van der Waals surface area contributed by atoms with Crippen molar-refractivity contribution in [2.24, 2.45) is 5.92 Å². The fraction of sp³-hybridized carbons (Fsp3) is 0.636. The lowest BCUT2D eigenvalue weighted by Gasteiger charge is -2.35. The van der Waals surface area contributed by atoms with Crippen LogP contribution in [0.15, 0.2) is 6.33 Å². The molecule has 0 unspecified atom stereocenters. The van der Waals surface area contributed by atoms with Gasteiger partial charge in [0.1, 0.15) is 6.33 Å². The third-order valence-corrected chi connectivity index (χ3v) is 2.99. The lowest BCUT2D eigenvalue weighted by molar-refractivity contribution is -0.135. The van der Waals surface area contributed by atoms with Crippen molar-refractivity contribution in [3.63, 3.8) is 0 Å². The molecule has 1 aliphatic heterocycles. The Morgan fingerprint density at radius 3 is 2.33 bits per heavy atom. The molecule has 2 heterocycles. The van der Waals surface area contributed by atoms with Crippen molar-refractivity contribution in [1.29, 1.82) is 0 Å². The van der Waals surface area contributed by atoms with Crippen LogP contribution < -0.4 is 0 Å². The summed E-state index contributed by atoms with van der Waals surface area (Å²) in [6, 6.07) is 0. The van der Waals surface area contributed by atoms with Crippen LogP contribution in [0.2, 0.25) is 0 Å². The van der Waals surface area contributed by atoms with Crippen LogP contribution in [0.1, 0.15) is 24.5 Å². The van der Waals surface area contributed by atoms with Crippen LogP contribution in [0.5, 0.6) is 0 Å². The van der Waals surface area contributed by atoms with Crippen LogP contribution >= 0.6 is 0 Å². The fourth-order valence-corrected chi connectivity index (χ4v) is 1.95. The van der Waals surface area contributed by atoms with Gasteiger partial charge >= 0.3 is 0 Å². The van der Waals surface area contributed by atoms with Crippen LogP contribution in [0.3, 0.4) is 0 Å². The molecule has 98 valence electrons. The Morgan fingerprint density at radius 1 is 1.22 bits per heavy atom. The number of amides is 2. The number of H-pyrrole nitrogens is 1. The standard InChI is InChI=1S/C11H17N5O2/c1-8(2)10(17)15-3-5-16(6-4-15)11(18)9-12-7-13-14-9/h7-8H,3-6H2,1-2H3,(H,12,13,14). The van der Waals surface area contributed by atoms with Gasteiger partial charge in [-0.05, 0) is 0 Å². The average Bonchev–Trinajstić information content (AvgIpc) is 2.91. The number of aromatic amines is 1. The molecular formula is C11H17N5O2. The van der Waals surface area contributed by atoms with E-state index in [9.17, 15) is 9.59 Å². The molecule has 0 radical (unpaired) electrons. The Kier molecular flexibility index (Phi) is 3.59. The molecule has 1 saturated heterocycles. The van der Waals surface area contributed by atoms with Gasteiger partial charge in [-0.1, -0.05) is 13.8 Å². The lowest BCUT2D eigenvalue weighted by atomic mass is 10.1. The highest BCUT2D eigenvalue weighted by atomic mass is 16.2. The average molecular weight is 251 g/mol. The zero-order valence-electron chi connectivity index (χ0n) is 10.6. The Balaban J connectivity index is 1.91. The van der Waals surface area contributed by atoms with E-state index in [1.54, 1.807) is 9.80 Å². The van der Waals surface area contributed by atoms with E-state index in [4.69, 9.17) is 0 Å². The van der Waals surface area contributed by atoms with Gasteiger partial charge in [-0.15, -0.1) is 0 Å². The van der Waals surface area contributed by atoms with E-state index in [1.807, 2.05) is 13.8 Å². The Labute approximate surface area is 105 Å². The van der Waals surface area contributed by atoms with Crippen molar-refractivity contribution < 1.29 is 9.59 Å². The third-order valence-electron chi connectivity index (χ3n) is 2.99. The number of aromatic nitrogens is 3. The highest BCUT2D eigenvalue weighted by molar-refractivity contribution is 5.90. The largest absolute Gasteiger partial charge is 0.339 e. The van der Waals surface area contributed by atoms with Crippen LogP contribution in [0.25, 0.3) is 0 Å². The molecule has 0 spiro atoms. The number of piperazine rings is 1. The van der Waals surface area contributed by atoms with Crippen molar-refractivity contribution >= 4 is 11.8 Å². The van der Waals surface area contributed by atoms with Gasteiger partial charge in [-0.3, -0.25) is 14.7 Å². The minimum Gasteiger partial charge on any atom is -0.339 e. The number of nitrogens with zero attached hydrogens (tertiary/aromatic N) is 4. The molecule has 2 rings (SSSR count). The third kappa shape index (κ3) is 2.49. The molecule has 1 aromatic rings. The van der Waals surface area contributed by atoms with Gasteiger partial charge < -0.3 is 9.80 Å². The molecule has 0 atom stereocenters. The summed E-state index contributed by atoms with van der Waals surface area (Å²) in [5.41, 5.74) is 0. The maximum Gasteiger partial charge on any atom is 0.291 e. The summed E-state index contributed by atoms with van der Waals surface area (Å²) in [5, 5.41) is 6.21. The first-order valence-electron chi connectivity index (χ1n) is 6.03. The van der Waals surface area contributed by atoms with Gasteiger partial charge in [0.15, 0.2) is 0 Å². The first kappa shape index (κ1) is 12.5. The van der Waals surface area contributed by atoms with Crippen LogP contribution in [-0.4, -0.2) is 63.0 Å². The number of rotatable bonds is 2. The summed E-state index contributed by atoms with van der Waals surface area (Å²) in [7, 11) is 0. The molecule has 0 aliphatic carbocycles. The smallest absolute Gasteiger partial charge is 0.291 e. The van der Waals surface area contributed by atoms with Gasteiger partial charge in [0.25, 0.3) is 5.91 Å². The van der Waals surface area contributed by atoms with Gasteiger partial charge in [0, 0.05) is 32.1 Å². The fourth-order valence-electron chi connectivity index (χ4n) is 1.95. The van der Waals surface area contributed by atoms with Crippen molar-refractivity contribution in [3.05, 3.63) is 12.2 Å². The summed E-state index contributed by atoms with van der Waals surface area (Å²) in [6.45, 7) is 6.01. The number of hydrogen-bond acceptors (Lipinski definition) is 4. The first-order valence-corrected chi connectivity index (χ1v) is 6.03. The van der Waals surface area contributed by atoms with E-state index >= 15 is 0 Å². The maximum atomic E-state index is 12.0. The van der Waals surface area contributed by atoms with Crippen molar-refractivity contribution in [1.82, 2.24) is 25.0 Å². The zero-order valence-corrected chi connectivity index (χ0v) is 10.6. The quantitative estimate of drug-likeness (QED) is 0.785. The molecule has 18 heavy (non-hydrogen) atoms. The highest BCUT2D eigenvalue weighted by Gasteiger charge is 2.26. The Hall–Kier alpha value is -1.92. The number of carbonyl (C=O) groups excluding carboxylic acids is 2. The summed E-state index contributed by atoms with van der Waals surface area (Å²) < 4.78 is 0. The molecule has 1 fully saturated rings. The van der Waals surface area contributed by atoms with Crippen molar-refractivity contribution in [2.75, 3.05) is 26.2 Å². The number of nitrogens with one attached hydrogen (secondary N) is 1. The summed E-state index contributed by atoms with van der Waals surface area (Å²) >= 11 is 0. The number of carbonyl (C=O) groups is 2. The molecule has 2 amide bonds. The van der Waals surface area contributed by atoms with E-state index in [0.29, 0.717) is 26.2 Å². The maximum absolute atomic E-state index is 12.0. The van der Waals surface area contributed by atoms with Gasteiger partial charge in [-0.25, -0.2) is 4.98 Å². The van der Waals surface area contributed by atoms with E-state index in [0.717, 1.165) is 0 Å². The first-order chi connectivity index (χ1) is 8.59. The molecule has 0 saturated carbocycles. The molecule has 7 nitrogen and oxygen atoms in total. The second-order valence-corrected chi connectivity index (χ2v) is 4.61. The monoisotopic (exact) mass is 251 g/mol. The predicted octanol–water partition coefficient (Wildman–Crippen LogP) is -0.255. The van der Waals surface area contributed by atoms with Gasteiger partial charge in [0.2, 0.25) is 11.7 Å². The zero-order chi connectivity index (χ0) is 13.1. The summed E-state index contributed by atoms with van der Waals surface area (Å²) in [4.78, 5) is 31.1. The molecule has 7 heteroatoms. The van der Waals surface area contributed by atoms with Gasteiger partial charge in [0.05, 0.1) is 0 Å². The summed E-state index contributed by atoms with van der Waals surface area (Å²) in [5.74, 6) is 0.228. The second kappa shape index (κ2) is 5.16. The molecule has 1 aliphatic rings. The Morgan fingerprint density at radius 2 is 1.83 bits per heavy atom. The molecule has 1 aromatic heterocycles. The topological polar surface area (TPSA) is 82.2 Å².